The highest BCUT2D eigenvalue weighted by molar-refractivity contribution is 5.89. The monoisotopic (exact) mass is 423 g/mol. The summed E-state index contributed by atoms with van der Waals surface area (Å²) in [5, 5.41) is 3.25. The number of anilines is 1. The first-order valence-electron chi connectivity index (χ1n) is 11.6. The smallest absolute Gasteiger partial charge is 0.230 e. The number of carbonyl (C=O) groups is 1. The molecule has 2 aromatic carbocycles. The average molecular weight is 424 g/mol. The van der Waals surface area contributed by atoms with Gasteiger partial charge in [0, 0.05) is 44.5 Å². The van der Waals surface area contributed by atoms with Crippen molar-refractivity contribution >= 4 is 11.6 Å². The number of nitrogens with one attached hydrogen (secondary N) is 1. The molecule has 1 saturated heterocycles. The molecule has 1 unspecified atom stereocenters. The quantitative estimate of drug-likeness (QED) is 0.722. The third-order valence-corrected chi connectivity index (χ3v) is 7.03. The van der Waals surface area contributed by atoms with E-state index in [1.165, 1.54) is 23.4 Å². The van der Waals surface area contributed by atoms with Crippen LogP contribution in [0.3, 0.4) is 0 Å². The number of carbonyl (C=O) groups excluding carboxylic acids is 1. The number of aryl methyl sites for hydroxylation is 1. The Morgan fingerprint density at radius 3 is 2.42 bits per heavy atom. The summed E-state index contributed by atoms with van der Waals surface area (Å²) in [5.41, 5.74) is 3.08. The van der Waals surface area contributed by atoms with Gasteiger partial charge in [-0.1, -0.05) is 30.7 Å². The van der Waals surface area contributed by atoms with Crippen LogP contribution < -0.4 is 10.2 Å². The molecular formula is C26H34FN3O. The molecule has 0 bridgehead atoms. The maximum Gasteiger partial charge on any atom is 0.230 e. The first kappa shape index (κ1) is 21.8. The number of nitrogens with zero attached hydrogens (tertiary/aromatic N) is 2. The minimum Gasteiger partial charge on any atom is -0.369 e. The molecule has 0 radical (unpaired) electrons. The second-order valence-corrected chi connectivity index (χ2v) is 9.27. The van der Waals surface area contributed by atoms with Crippen LogP contribution >= 0.6 is 0 Å². The van der Waals surface area contributed by atoms with Gasteiger partial charge in [0.25, 0.3) is 0 Å². The van der Waals surface area contributed by atoms with Gasteiger partial charge in [-0.3, -0.25) is 9.69 Å². The summed E-state index contributed by atoms with van der Waals surface area (Å²) >= 11 is 0. The Balaban J connectivity index is 1.24. The van der Waals surface area contributed by atoms with E-state index in [0.717, 1.165) is 64.0 Å². The van der Waals surface area contributed by atoms with Crippen molar-refractivity contribution in [3.63, 3.8) is 0 Å². The molecule has 2 fully saturated rings. The first-order chi connectivity index (χ1) is 15.0. The Bertz CT molecular complexity index is 886. The van der Waals surface area contributed by atoms with Crippen LogP contribution in [-0.2, 0) is 10.2 Å². The van der Waals surface area contributed by atoms with Crippen LogP contribution in [0.15, 0.2) is 48.5 Å². The second-order valence-electron chi connectivity index (χ2n) is 9.27. The number of hydrogen-bond donors (Lipinski definition) is 1. The van der Waals surface area contributed by atoms with E-state index in [9.17, 15) is 9.18 Å². The largest absolute Gasteiger partial charge is 0.369 e. The lowest BCUT2D eigenvalue weighted by molar-refractivity contribution is -0.130. The van der Waals surface area contributed by atoms with Gasteiger partial charge in [-0.05, 0) is 68.5 Å². The molecule has 31 heavy (non-hydrogen) atoms. The highest BCUT2D eigenvalue weighted by Crippen LogP contribution is 2.44. The number of halogens is 1. The van der Waals surface area contributed by atoms with Crippen molar-refractivity contribution in [1.29, 1.82) is 0 Å². The van der Waals surface area contributed by atoms with E-state index in [2.05, 4.69) is 53.2 Å². The molecular weight excluding hydrogens is 389 g/mol. The molecule has 1 heterocycles. The van der Waals surface area contributed by atoms with Gasteiger partial charge >= 0.3 is 0 Å². The number of piperazine rings is 1. The first-order valence-corrected chi connectivity index (χ1v) is 11.6. The molecule has 4 nitrogen and oxygen atoms in total. The fourth-order valence-electron chi connectivity index (χ4n) is 4.81. The Morgan fingerprint density at radius 2 is 1.81 bits per heavy atom. The summed E-state index contributed by atoms with van der Waals surface area (Å²) in [6.45, 7) is 9.40. The summed E-state index contributed by atoms with van der Waals surface area (Å²) in [6.07, 6.45) is 3.68. The van der Waals surface area contributed by atoms with Gasteiger partial charge in [-0.15, -0.1) is 0 Å². The summed E-state index contributed by atoms with van der Waals surface area (Å²) in [4.78, 5) is 18.0. The van der Waals surface area contributed by atoms with Gasteiger partial charge in [-0.2, -0.15) is 0 Å². The van der Waals surface area contributed by atoms with E-state index < -0.39 is 5.41 Å². The van der Waals surface area contributed by atoms with Crippen LogP contribution in [0.1, 0.15) is 43.7 Å². The molecule has 5 heteroatoms. The van der Waals surface area contributed by atoms with E-state index in [4.69, 9.17) is 0 Å². The highest BCUT2D eigenvalue weighted by Gasteiger charge is 2.45. The van der Waals surface area contributed by atoms with Crippen LogP contribution in [-0.4, -0.2) is 49.6 Å². The van der Waals surface area contributed by atoms with Crippen molar-refractivity contribution in [2.24, 2.45) is 0 Å². The number of amides is 1. The zero-order valence-corrected chi connectivity index (χ0v) is 18.7. The zero-order valence-electron chi connectivity index (χ0n) is 18.7. The maximum atomic E-state index is 13.3. The lowest BCUT2D eigenvalue weighted by Crippen LogP contribution is -2.52. The van der Waals surface area contributed by atoms with E-state index in [0.29, 0.717) is 0 Å². The van der Waals surface area contributed by atoms with Gasteiger partial charge in [0.05, 0.1) is 5.41 Å². The standard InChI is InChI=1S/C26H34FN3O/c1-20-5-3-6-24(19-20)30-17-15-29(16-18-30)14-11-21(2)28-25(31)26(12-4-13-26)22-7-9-23(27)10-8-22/h3,5-10,19,21H,4,11-18H2,1-2H3,(H,28,31). The summed E-state index contributed by atoms with van der Waals surface area (Å²) in [7, 11) is 0. The van der Waals surface area contributed by atoms with E-state index in [1.807, 2.05) is 0 Å². The molecule has 2 aliphatic rings. The molecule has 0 aromatic heterocycles. The van der Waals surface area contributed by atoms with Crippen LogP contribution in [0.25, 0.3) is 0 Å². The van der Waals surface area contributed by atoms with Crippen molar-refractivity contribution in [2.75, 3.05) is 37.6 Å². The zero-order chi connectivity index (χ0) is 21.8. The van der Waals surface area contributed by atoms with Gasteiger partial charge in [0.1, 0.15) is 5.82 Å². The SMILES string of the molecule is Cc1cccc(N2CCN(CCC(C)NC(=O)C3(c4ccc(F)cc4)CCC3)CC2)c1. The topological polar surface area (TPSA) is 35.6 Å². The molecule has 1 N–H and O–H groups in total. The summed E-state index contributed by atoms with van der Waals surface area (Å²) < 4.78 is 13.3. The molecule has 1 aliphatic carbocycles. The van der Waals surface area contributed by atoms with Gasteiger partial charge in [0.2, 0.25) is 5.91 Å². The highest BCUT2D eigenvalue weighted by atomic mass is 19.1. The number of rotatable bonds is 7. The Morgan fingerprint density at radius 1 is 1.10 bits per heavy atom. The van der Waals surface area contributed by atoms with Crippen LogP contribution in [0.2, 0.25) is 0 Å². The van der Waals surface area contributed by atoms with E-state index in [-0.39, 0.29) is 17.8 Å². The van der Waals surface area contributed by atoms with Crippen LogP contribution in [0, 0.1) is 12.7 Å². The Hall–Kier alpha value is -2.40. The molecule has 4 rings (SSSR count). The lowest BCUT2D eigenvalue weighted by Gasteiger charge is -2.41. The van der Waals surface area contributed by atoms with Gasteiger partial charge in [0.15, 0.2) is 0 Å². The molecule has 166 valence electrons. The Kier molecular flexibility index (Phi) is 6.61. The number of benzene rings is 2. The summed E-state index contributed by atoms with van der Waals surface area (Å²) in [5.74, 6) is -0.156. The normalized spacial score (nSPS) is 19.5. The van der Waals surface area contributed by atoms with Crippen molar-refractivity contribution in [3.8, 4) is 0 Å². The van der Waals surface area contributed by atoms with Crippen LogP contribution in [0.5, 0.6) is 0 Å². The lowest BCUT2D eigenvalue weighted by atomic mass is 9.63. The van der Waals surface area contributed by atoms with Crippen molar-refractivity contribution in [1.82, 2.24) is 10.2 Å². The third-order valence-electron chi connectivity index (χ3n) is 7.03. The Labute approximate surface area is 185 Å². The third kappa shape index (κ3) is 4.93. The predicted molar refractivity (Wildman–Crippen MR) is 124 cm³/mol. The molecule has 0 spiro atoms. The molecule has 1 saturated carbocycles. The average Bonchev–Trinajstić information content (AvgIpc) is 2.73. The minimum atomic E-state index is -0.471. The van der Waals surface area contributed by atoms with Crippen LogP contribution in [0.4, 0.5) is 10.1 Å². The maximum absolute atomic E-state index is 13.3. The predicted octanol–water partition coefficient (Wildman–Crippen LogP) is 4.27. The minimum absolute atomic E-state index is 0.0992. The second kappa shape index (κ2) is 9.39. The molecule has 2 aromatic rings. The summed E-state index contributed by atoms with van der Waals surface area (Å²) in [6, 6.07) is 15.3. The molecule has 1 amide bonds. The van der Waals surface area contributed by atoms with E-state index in [1.54, 1.807) is 12.1 Å². The van der Waals surface area contributed by atoms with Crippen molar-refractivity contribution < 1.29 is 9.18 Å². The fourth-order valence-corrected chi connectivity index (χ4v) is 4.81. The molecule has 1 atom stereocenters. The van der Waals surface area contributed by atoms with Crippen molar-refractivity contribution in [3.05, 3.63) is 65.5 Å². The van der Waals surface area contributed by atoms with Gasteiger partial charge in [-0.25, -0.2) is 4.39 Å². The fraction of sp³-hybridized carbons (Fsp3) is 0.500. The van der Waals surface area contributed by atoms with Crippen molar-refractivity contribution in [2.45, 2.75) is 51.0 Å². The van der Waals surface area contributed by atoms with E-state index >= 15 is 0 Å². The van der Waals surface area contributed by atoms with Gasteiger partial charge < -0.3 is 10.2 Å². The molecule has 1 aliphatic heterocycles. The number of hydrogen-bond acceptors (Lipinski definition) is 3.